The van der Waals surface area contributed by atoms with Crippen molar-refractivity contribution in [3.8, 4) is 5.75 Å². The molecule has 0 aliphatic rings. The Hall–Kier alpha value is -1.36. The van der Waals surface area contributed by atoms with E-state index in [0.717, 1.165) is 0 Å². The Morgan fingerprint density at radius 3 is 2.61 bits per heavy atom. The molecular weight excluding hydrogens is 240 g/mol. The van der Waals surface area contributed by atoms with Crippen molar-refractivity contribution in [3.05, 3.63) is 24.3 Å². The molecule has 0 saturated heterocycles. The van der Waals surface area contributed by atoms with Crippen LogP contribution in [-0.4, -0.2) is 26.4 Å². The van der Waals surface area contributed by atoms with Crippen LogP contribution in [0.15, 0.2) is 24.3 Å². The maximum atomic E-state index is 12.2. The molecule has 0 saturated carbocycles. The summed E-state index contributed by atoms with van der Waals surface area (Å²) in [6, 6.07) is 6.61. The lowest BCUT2D eigenvalue weighted by atomic mass is 10.2. The molecule has 0 fully saturated rings. The van der Waals surface area contributed by atoms with Crippen LogP contribution in [0.3, 0.4) is 0 Å². The van der Waals surface area contributed by atoms with Crippen molar-refractivity contribution in [1.82, 2.24) is 0 Å². The number of rotatable bonds is 8. The Morgan fingerprint density at radius 1 is 1.22 bits per heavy atom. The standard InChI is InChI=1S/C13H19F2NO2/c1-10(2)9-17-8-7-16-11-5-3-4-6-12(11)18-13(14)15/h3-6,10,13,16H,7-9H2,1-2H3. The molecule has 0 heterocycles. The second-order valence-corrected chi connectivity index (χ2v) is 4.27. The summed E-state index contributed by atoms with van der Waals surface area (Å²) in [6.45, 7) is 3.09. The molecule has 3 nitrogen and oxygen atoms in total. The molecule has 0 radical (unpaired) electrons. The van der Waals surface area contributed by atoms with Gasteiger partial charge in [0.2, 0.25) is 0 Å². The van der Waals surface area contributed by atoms with Crippen LogP contribution in [0, 0.1) is 5.92 Å². The molecule has 5 heteroatoms. The van der Waals surface area contributed by atoms with E-state index in [2.05, 4.69) is 23.9 Å². The second-order valence-electron chi connectivity index (χ2n) is 4.27. The number of hydrogen-bond acceptors (Lipinski definition) is 3. The zero-order valence-electron chi connectivity index (χ0n) is 10.7. The average molecular weight is 259 g/mol. The van der Waals surface area contributed by atoms with Gasteiger partial charge in [0, 0.05) is 13.2 Å². The minimum Gasteiger partial charge on any atom is -0.433 e. The third-order valence-electron chi connectivity index (χ3n) is 2.12. The van der Waals surface area contributed by atoms with Gasteiger partial charge in [0.25, 0.3) is 0 Å². The fourth-order valence-corrected chi connectivity index (χ4v) is 1.39. The van der Waals surface area contributed by atoms with Gasteiger partial charge >= 0.3 is 6.61 Å². The molecular formula is C13H19F2NO2. The summed E-state index contributed by atoms with van der Waals surface area (Å²) in [5.74, 6) is 0.635. The molecule has 0 amide bonds. The third-order valence-corrected chi connectivity index (χ3v) is 2.12. The summed E-state index contributed by atoms with van der Waals surface area (Å²) in [6.07, 6.45) is 0. The van der Waals surface area contributed by atoms with Crippen LogP contribution in [-0.2, 0) is 4.74 Å². The van der Waals surface area contributed by atoms with E-state index >= 15 is 0 Å². The fraction of sp³-hybridized carbons (Fsp3) is 0.538. The lowest BCUT2D eigenvalue weighted by Gasteiger charge is -2.13. The van der Waals surface area contributed by atoms with Crippen LogP contribution in [0.2, 0.25) is 0 Å². The Bertz CT molecular complexity index is 346. The van der Waals surface area contributed by atoms with Crippen LogP contribution in [0.1, 0.15) is 13.8 Å². The first-order chi connectivity index (χ1) is 8.59. The highest BCUT2D eigenvalue weighted by Gasteiger charge is 2.08. The normalized spacial score (nSPS) is 11.0. The monoisotopic (exact) mass is 259 g/mol. The summed E-state index contributed by atoms with van der Waals surface area (Å²) in [5.41, 5.74) is 0.547. The minimum atomic E-state index is -2.81. The van der Waals surface area contributed by atoms with Crippen molar-refractivity contribution >= 4 is 5.69 Å². The molecule has 0 unspecified atom stereocenters. The Labute approximate surface area is 106 Å². The second kappa shape index (κ2) is 7.87. The number of hydrogen-bond donors (Lipinski definition) is 1. The van der Waals surface area contributed by atoms with E-state index in [1.807, 2.05) is 0 Å². The van der Waals surface area contributed by atoms with E-state index in [4.69, 9.17) is 4.74 Å². The molecule has 18 heavy (non-hydrogen) atoms. The van der Waals surface area contributed by atoms with Gasteiger partial charge < -0.3 is 14.8 Å². The molecule has 0 aliphatic heterocycles. The fourth-order valence-electron chi connectivity index (χ4n) is 1.39. The maximum absolute atomic E-state index is 12.2. The minimum absolute atomic E-state index is 0.149. The van der Waals surface area contributed by atoms with E-state index in [1.54, 1.807) is 18.2 Å². The zero-order chi connectivity index (χ0) is 13.4. The van der Waals surface area contributed by atoms with E-state index in [-0.39, 0.29) is 5.75 Å². The molecule has 0 bridgehead atoms. The van der Waals surface area contributed by atoms with Crippen LogP contribution in [0.4, 0.5) is 14.5 Å². The molecule has 0 atom stereocenters. The highest BCUT2D eigenvalue weighted by atomic mass is 19.3. The van der Waals surface area contributed by atoms with Crippen molar-refractivity contribution in [2.24, 2.45) is 5.92 Å². The van der Waals surface area contributed by atoms with Crippen molar-refractivity contribution in [2.45, 2.75) is 20.5 Å². The van der Waals surface area contributed by atoms with Gasteiger partial charge in [-0.3, -0.25) is 0 Å². The summed E-state index contributed by atoms with van der Waals surface area (Å²) in [5, 5.41) is 3.01. The van der Waals surface area contributed by atoms with E-state index in [0.29, 0.717) is 31.4 Å². The number of para-hydroxylation sites is 2. The molecule has 1 N–H and O–H groups in total. The predicted molar refractivity (Wildman–Crippen MR) is 67.2 cm³/mol. The number of ether oxygens (including phenoxy) is 2. The summed E-state index contributed by atoms with van der Waals surface area (Å²) < 4.78 is 34.1. The van der Waals surface area contributed by atoms with Crippen LogP contribution in [0.5, 0.6) is 5.75 Å². The molecule has 102 valence electrons. The molecule has 1 rings (SSSR count). The van der Waals surface area contributed by atoms with Crippen molar-refractivity contribution < 1.29 is 18.3 Å². The van der Waals surface area contributed by atoms with E-state index in [1.165, 1.54) is 6.07 Å². The van der Waals surface area contributed by atoms with Crippen LogP contribution in [0.25, 0.3) is 0 Å². The lowest BCUT2D eigenvalue weighted by Crippen LogP contribution is -2.13. The third kappa shape index (κ3) is 5.82. The smallest absolute Gasteiger partial charge is 0.387 e. The molecule has 0 aromatic heterocycles. The van der Waals surface area contributed by atoms with E-state index < -0.39 is 6.61 Å². The van der Waals surface area contributed by atoms with Crippen LogP contribution < -0.4 is 10.1 Å². The Morgan fingerprint density at radius 2 is 1.94 bits per heavy atom. The van der Waals surface area contributed by atoms with Gasteiger partial charge in [-0.05, 0) is 18.1 Å². The molecule has 0 spiro atoms. The van der Waals surface area contributed by atoms with Gasteiger partial charge in [-0.15, -0.1) is 0 Å². The first kappa shape index (κ1) is 14.7. The number of anilines is 1. The Kier molecular flexibility index (Phi) is 6.43. The first-order valence-electron chi connectivity index (χ1n) is 5.95. The summed E-state index contributed by atoms with van der Waals surface area (Å²) in [7, 11) is 0. The quantitative estimate of drug-likeness (QED) is 0.726. The van der Waals surface area contributed by atoms with Gasteiger partial charge in [-0.2, -0.15) is 8.78 Å². The highest BCUT2D eigenvalue weighted by molar-refractivity contribution is 5.56. The SMILES string of the molecule is CC(C)COCCNc1ccccc1OC(F)F. The van der Waals surface area contributed by atoms with Gasteiger partial charge in [0.1, 0.15) is 5.75 Å². The largest absolute Gasteiger partial charge is 0.433 e. The Balaban J connectivity index is 2.37. The van der Waals surface area contributed by atoms with Crippen molar-refractivity contribution in [2.75, 3.05) is 25.1 Å². The average Bonchev–Trinajstić information content (AvgIpc) is 2.29. The molecule has 1 aromatic rings. The summed E-state index contributed by atoms with van der Waals surface area (Å²) in [4.78, 5) is 0. The van der Waals surface area contributed by atoms with Crippen molar-refractivity contribution in [1.29, 1.82) is 0 Å². The number of alkyl halides is 2. The van der Waals surface area contributed by atoms with Gasteiger partial charge in [0.05, 0.1) is 12.3 Å². The highest BCUT2D eigenvalue weighted by Crippen LogP contribution is 2.25. The molecule has 1 aromatic carbocycles. The maximum Gasteiger partial charge on any atom is 0.387 e. The zero-order valence-corrected chi connectivity index (χ0v) is 10.7. The number of benzene rings is 1. The molecule has 0 aliphatic carbocycles. The predicted octanol–water partition coefficient (Wildman–Crippen LogP) is 3.37. The first-order valence-corrected chi connectivity index (χ1v) is 5.95. The number of nitrogens with one attached hydrogen (secondary N) is 1. The van der Waals surface area contributed by atoms with Crippen molar-refractivity contribution in [3.63, 3.8) is 0 Å². The van der Waals surface area contributed by atoms with Crippen LogP contribution >= 0.6 is 0 Å². The van der Waals surface area contributed by atoms with Gasteiger partial charge in [-0.25, -0.2) is 0 Å². The number of halogens is 2. The topological polar surface area (TPSA) is 30.5 Å². The van der Waals surface area contributed by atoms with Gasteiger partial charge in [-0.1, -0.05) is 26.0 Å². The van der Waals surface area contributed by atoms with Gasteiger partial charge in [0.15, 0.2) is 0 Å². The summed E-state index contributed by atoms with van der Waals surface area (Å²) >= 11 is 0. The van der Waals surface area contributed by atoms with E-state index in [9.17, 15) is 8.78 Å². The lowest BCUT2D eigenvalue weighted by molar-refractivity contribution is -0.0493.